The van der Waals surface area contributed by atoms with Crippen LogP contribution >= 0.6 is 0 Å². The summed E-state index contributed by atoms with van der Waals surface area (Å²) < 4.78 is 0. The fourth-order valence-electron chi connectivity index (χ4n) is 2.81. The minimum absolute atomic E-state index is 0.293. The normalized spacial score (nSPS) is 11.5. The van der Waals surface area contributed by atoms with Crippen LogP contribution in [0.5, 0.6) is 0 Å². The summed E-state index contributed by atoms with van der Waals surface area (Å²) >= 11 is 0. The molecule has 0 heteroatoms. The predicted molar refractivity (Wildman–Crippen MR) is 135 cm³/mol. The molecule has 30 heavy (non-hydrogen) atoms. The van der Waals surface area contributed by atoms with Gasteiger partial charge in [-0.1, -0.05) is 153 Å². The molecule has 3 aromatic rings. The Hall–Kier alpha value is -2.34. The standard InChI is InChI=1S/3C10H14/c3*1-10(2,3)9-7-5-4-6-8-9/h3*4-8H,1-3H3. The van der Waals surface area contributed by atoms with Gasteiger partial charge in [-0.05, 0) is 32.9 Å². The van der Waals surface area contributed by atoms with Gasteiger partial charge in [0, 0.05) is 0 Å². The van der Waals surface area contributed by atoms with Gasteiger partial charge in [-0.25, -0.2) is 0 Å². The molecule has 0 aliphatic rings. The lowest BCUT2D eigenvalue weighted by molar-refractivity contribution is 0.590. The van der Waals surface area contributed by atoms with Crippen LogP contribution in [0.2, 0.25) is 0 Å². The van der Waals surface area contributed by atoms with Gasteiger partial charge < -0.3 is 0 Å². The maximum atomic E-state index is 2.22. The van der Waals surface area contributed by atoms with Crippen LogP contribution in [0.3, 0.4) is 0 Å². The molecule has 0 unspecified atom stereocenters. The molecule has 3 rings (SSSR count). The lowest BCUT2D eigenvalue weighted by Crippen LogP contribution is -2.10. The van der Waals surface area contributed by atoms with Gasteiger partial charge in [0.15, 0.2) is 0 Å². The molecule has 0 N–H and O–H groups in total. The van der Waals surface area contributed by atoms with Gasteiger partial charge in [-0.2, -0.15) is 0 Å². The largest absolute Gasteiger partial charge is 0.0622 e. The Morgan fingerprint density at radius 1 is 0.300 bits per heavy atom. The van der Waals surface area contributed by atoms with Crippen molar-refractivity contribution < 1.29 is 0 Å². The minimum Gasteiger partial charge on any atom is -0.0622 e. The number of benzene rings is 3. The second-order valence-corrected chi connectivity index (χ2v) is 10.8. The van der Waals surface area contributed by atoms with Crippen molar-refractivity contribution in [3.63, 3.8) is 0 Å². The highest BCUT2D eigenvalue weighted by molar-refractivity contribution is 5.23. The van der Waals surface area contributed by atoms with E-state index in [0.717, 1.165) is 0 Å². The molecule has 3 aromatic carbocycles. The van der Waals surface area contributed by atoms with Gasteiger partial charge in [-0.15, -0.1) is 0 Å². The third-order valence-electron chi connectivity index (χ3n) is 4.92. The molecule has 0 aliphatic carbocycles. The maximum Gasteiger partial charge on any atom is -0.0132 e. The van der Waals surface area contributed by atoms with Crippen LogP contribution in [0.4, 0.5) is 0 Å². The van der Waals surface area contributed by atoms with E-state index in [4.69, 9.17) is 0 Å². The van der Waals surface area contributed by atoms with Crippen molar-refractivity contribution in [3.8, 4) is 0 Å². The van der Waals surface area contributed by atoms with Gasteiger partial charge in [-0.3, -0.25) is 0 Å². The van der Waals surface area contributed by atoms with Gasteiger partial charge in [0.25, 0.3) is 0 Å². The monoisotopic (exact) mass is 402 g/mol. The summed E-state index contributed by atoms with van der Waals surface area (Å²) in [6.07, 6.45) is 0. The molecule has 0 aromatic heterocycles. The van der Waals surface area contributed by atoms with E-state index in [-0.39, 0.29) is 0 Å². The van der Waals surface area contributed by atoms with Crippen LogP contribution < -0.4 is 0 Å². The molecule has 0 saturated carbocycles. The van der Waals surface area contributed by atoms with E-state index in [2.05, 4.69) is 153 Å². The minimum atomic E-state index is 0.293. The highest BCUT2D eigenvalue weighted by Gasteiger charge is 2.12. The fourth-order valence-corrected chi connectivity index (χ4v) is 2.81. The fraction of sp³-hybridized carbons (Fsp3) is 0.400. The van der Waals surface area contributed by atoms with Crippen molar-refractivity contribution in [2.24, 2.45) is 0 Å². The van der Waals surface area contributed by atoms with Crippen LogP contribution in [0.25, 0.3) is 0 Å². The molecular weight excluding hydrogens is 360 g/mol. The summed E-state index contributed by atoms with van der Waals surface area (Å²) in [6.45, 7) is 20.0. The van der Waals surface area contributed by atoms with E-state index in [9.17, 15) is 0 Å². The van der Waals surface area contributed by atoms with Crippen molar-refractivity contribution in [3.05, 3.63) is 108 Å². The number of hydrogen-bond donors (Lipinski definition) is 0. The summed E-state index contributed by atoms with van der Waals surface area (Å²) in [7, 11) is 0. The zero-order valence-corrected chi connectivity index (χ0v) is 20.7. The molecule has 0 amide bonds. The summed E-state index contributed by atoms with van der Waals surface area (Å²) in [4.78, 5) is 0. The van der Waals surface area contributed by atoms with Crippen LogP contribution in [0, 0.1) is 0 Å². The molecule has 0 fully saturated rings. The third kappa shape index (κ3) is 9.92. The average molecular weight is 403 g/mol. The molecule has 0 saturated heterocycles. The zero-order valence-electron chi connectivity index (χ0n) is 20.7. The Balaban J connectivity index is 0.000000225. The van der Waals surface area contributed by atoms with Crippen molar-refractivity contribution in [1.82, 2.24) is 0 Å². The number of rotatable bonds is 0. The van der Waals surface area contributed by atoms with Crippen LogP contribution in [0.1, 0.15) is 79.0 Å². The second kappa shape index (κ2) is 11.2. The first-order chi connectivity index (χ1) is 13.8. The Morgan fingerprint density at radius 2 is 0.467 bits per heavy atom. The van der Waals surface area contributed by atoms with Crippen molar-refractivity contribution >= 4 is 0 Å². The zero-order chi connectivity index (χ0) is 22.8. The Kier molecular flexibility index (Phi) is 9.56. The first-order valence-electron chi connectivity index (χ1n) is 11.0. The van der Waals surface area contributed by atoms with E-state index in [0.29, 0.717) is 16.2 Å². The Bertz CT molecular complexity index is 691. The third-order valence-corrected chi connectivity index (χ3v) is 4.92. The molecule has 0 radical (unpaired) electrons. The molecule has 0 bridgehead atoms. The lowest BCUT2D eigenvalue weighted by atomic mass is 9.87. The topological polar surface area (TPSA) is 0 Å². The lowest BCUT2D eigenvalue weighted by Gasteiger charge is -2.18. The van der Waals surface area contributed by atoms with Gasteiger partial charge in [0.2, 0.25) is 0 Å². The van der Waals surface area contributed by atoms with Gasteiger partial charge in [0.1, 0.15) is 0 Å². The highest BCUT2D eigenvalue weighted by Crippen LogP contribution is 2.22. The average Bonchev–Trinajstić information content (AvgIpc) is 2.69. The number of hydrogen-bond acceptors (Lipinski definition) is 0. The molecule has 162 valence electrons. The molecule has 0 atom stereocenters. The van der Waals surface area contributed by atoms with Crippen LogP contribution in [0.15, 0.2) is 91.0 Å². The summed E-state index contributed by atoms with van der Waals surface area (Å²) in [5, 5.41) is 0. The van der Waals surface area contributed by atoms with Gasteiger partial charge >= 0.3 is 0 Å². The van der Waals surface area contributed by atoms with E-state index < -0.39 is 0 Å². The summed E-state index contributed by atoms with van der Waals surface area (Å²) in [5.74, 6) is 0. The molecule has 0 aliphatic heterocycles. The first-order valence-corrected chi connectivity index (χ1v) is 11.0. The summed E-state index contributed by atoms with van der Waals surface area (Å²) in [5.41, 5.74) is 5.07. The van der Waals surface area contributed by atoms with Gasteiger partial charge in [0.05, 0.1) is 0 Å². The maximum absolute atomic E-state index is 2.22. The smallest absolute Gasteiger partial charge is 0.0132 e. The van der Waals surface area contributed by atoms with Crippen LogP contribution in [-0.4, -0.2) is 0 Å². The van der Waals surface area contributed by atoms with Crippen LogP contribution in [-0.2, 0) is 16.2 Å². The SMILES string of the molecule is CC(C)(C)c1ccccc1.CC(C)(C)c1ccccc1.CC(C)(C)c1ccccc1. The quantitative estimate of drug-likeness (QED) is 0.352. The summed E-state index contributed by atoms with van der Waals surface area (Å²) in [6, 6.07) is 31.7. The Labute approximate surface area is 186 Å². The van der Waals surface area contributed by atoms with E-state index in [1.807, 2.05) is 0 Å². The second-order valence-electron chi connectivity index (χ2n) is 10.8. The van der Waals surface area contributed by atoms with E-state index in [1.165, 1.54) is 16.7 Å². The van der Waals surface area contributed by atoms with E-state index >= 15 is 0 Å². The Morgan fingerprint density at radius 3 is 0.567 bits per heavy atom. The first kappa shape index (κ1) is 25.7. The van der Waals surface area contributed by atoms with Crippen molar-refractivity contribution in [2.75, 3.05) is 0 Å². The van der Waals surface area contributed by atoms with Crippen molar-refractivity contribution in [2.45, 2.75) is 78.6 Å². The molecule has 0 nitrogen and oxygen atoms in total. The highest BCUT2D eigenvalue weighted by atomic mass is 14.2. The van der Waals surface area contributed by atoms with Crippen molar-refractivity contribution in [1.29, 1.82) is 0 Å². The molecule has 0 heterocycles. The molecule has 0 spiro atoms. The van der Waals surface area contributed by atoms with E-state index in [1.54, 1.807) is 0 Å². The predicted octanol–water partition coefficient (Wildman–Crippen LogP) is 8.95. The molecular formula is C30H42.